The third kappa shape index (κ3) is 0.415. The lowest BCUT2D eigenvalue weighted by atomic mass is 9.88. The highest BCUT2D eigenvalue weighted by molar-refractivity contribution is 5.87. The van der Waals surface area contributed by atoms with Crippen LogP contribution in [0.2, 0.25) is 0 Å². The van der Waals surface area contributed by atoms with Gasteiger partial charge in [-0.05, 0) is 37.5 Å². The molecule has 0 aromatic carbocycles. The molecule has 3 aliphatic carbocycles. The summed E-state index contributed by atoms with van der Waals surface area (Å²) in [5.74, 6) is 2.44. The molecular weight excluding hydrogens is 124 g/mol. The monoisotopic (exact) mass is 137 g/mol. The van der Waals surface area contributed by atoms with Crippen LogP contribution in [0.1, 0.15) is 27.0 Å². The van der Waals surface area contributed by atoms with Crippen LogP contribution in [0.4, 0.5) is 0 Å². The van der Waals surface area contributed by atoms with Gasteiger partial charge in [-0.25, -0.2) is 0 Å². The van der Waals surface area contributed by atoms with E-state index in [1.54, 1.807) is 0 Å². The number of hydrogen-bond acceptors (Lipinski definition) is 1. The molecule has 0 amide bonds. The van der Waals surface area contributed by atoms with Gasteiger partial charge in [-0.3, -0.25) is 4.79 Å². The van der Waals surface area contributed by atoms with Gasteiger partial charge in [0, 0.05) is 13.2 Å². The van der Waals surface area contributed by atoms with Gasteiger partial charge in [0.2, 0.25) is 0 Å². The molecule has 1 heteroatoms. The highest BCUT2D eigenvalue weighted by atomic mass is 16.1. The van der Waals surface area contributed by atoms with Crippen LogP contribution in [0.3, 0.4) is 0 Å². The molecule has 0 aromatic heterocycles. The Kier molecular flexibility index (Phi) is 0.663. The van der Waals surface area contributed by atoms with Crippen molar-refractivity contribution in [1.29, 1.82) is 0 Å². The number of hydrogen-bond donors (Lipinski definition) is 0. The maximum atomic E-state index is 11.5. The van der Waals surface area contributed by atoms with E-state index in [1.165, 1.54) is 0 Å². The molecule has 10 heavy (non-hydrogen) atoms. The summed E-state index contributed by atoms with van der Waals surface area (Å²) in [6, 6.07) is 0. The fourth-order valence-corrected chi connectivity index (χ4v) is 3.19. The number of Topliss-reactive ketones (excluding diaryl/α,β-unsaturated/α-hetero) is 1. The minimum absolute atomic E-state index is 0.0986. The van der Waals surface area contributed by atoms with Crippen LogP contribution in [-0.2, 0) is 4.79 Å². The third-order valence-corrected chi connectivity index (χ3v) is 3.64. The zero-order valence-corrected chi connectivity index (χ0v) is 5.92. The largest absolute Gasteiger partial charge is 0.299 e. The van der Waals surface area contributed by atoms with Gasteiger partial charge in [-0.1, -0.05) is 0 Å². The average molecular weight is 137 g/mol. The van der Waals surface area contributed by atoms with Crippen molar-refractivity contribution in [2.24, 2.45) is 23.7 Å². The smallest absolute Gasteiger partial charge is 0.139 e. The van der Waals surface area contributed by atoms with Crippen LogP contribution in [0.25, 0.3) is 0 Å². The fraction of sp³-hybridized carbons (Fsp3) is 0.889. The second-order valence-corrected chi connectivity index (χ2v) is 3.98. The first kappa shape index (κ1) is 4.53. The first-order chi connectivity index (χ1) is 5.27. The van der Waals surface area contributed by atoms with Crippen molar-refractivity contribution in [3.8, 4) is 0 Å². The SMILES string of the molecule is [2H]C1C[C@H]2C(=O)[C@@H]3C[C@H]2[C@H]1C3. The Bertz CT molecular complexity index is 226. The summed E-state index contributed by atoms with van der Waals surface area (Å²) in [5, 5.41) is 0. The van der Waals surface area contributed by atoms with E-state index in [0.29, 0.717) is 29.5 Å². The summed E-state index contributed by atoms with van der Waals surface area (Å²) >= 11 is 0. The van der Waals surface area contributed by atoms with Crippen molar-refractivity contribution in [1.82, 2.24) is 0 Å². The van der Waals surface area contributed by atoms with Gasteiger partial charge in [0.05, 0.1) is 0 Å². The highest BCUT2D eigenvalue weighted by Gasteiger charge is 2.55. The van der Waals surface area contributed by atoms with Crippen molar-refractivity contribution >= 4 is 5.78 Å². The molecule has 0 radical (unpaired) electrons. The van der Waals surface area contributed by atoms with Gasteiger partial charge in [-0.2, -0.15) is 0 Å². The maximum absolute atomic E-state index is 11.5. The summed E-state index contributed by atoms with van der Waals surface area (Å²) in [6.07, 6.45) is 3.16. The molecule has 1 nitrogen and oxygen atoms in total. The third-order valence-electron chi connectivity index (χ3n) is 3.64. The van der Waals surface area contributed by atoms with Crippen LogP contribution in [-0.4, -0.2) is 5.78 Å². The zero-order valence-electron chi connectivity index (χ0n) is 6.92. The topological polar surface area (TPSA) is 17.1 Å². The number of ketones is 1. The molecule has 3 saturated carbocycles. The molecule has 0 saturated heterocycles. The lowest BCUT2D eigenvalue weighted by Gasteiger charge is -2.15. The molecule has 0 aromatic rings. The quantitative estimate of drug-likeness (QED) is 0.496. The molecular formula is C9H12O. The molecule has 3 aliphatic rings. The predicted molar refractivity (Wildman–Crippen MR) is 37.4 cm³/mol. The predicted octanol–water partition coefficient (Wildman–Crippen LogP) is 1.62. The minimum Gasteiger partial charge on any atom is -0.299 e. The second-order valence-electron chi connectivity index (χ2n) is 3.98. The van der Waals surface area contributed by atoms with Crippen molar-refractivity contribution < 1.29 is 6.17 Å². The molecule has 0 aliphatic heterocycles. The van der Waals surface area contributed by atoms with Crippen molar-refractivity contribution in [3.05, 3.63) is 0 Å². The first-order valence-corrected chi connectivity index (χ1v) is 4.23. The van der Waals surface area contributed by atoms with Gasteiger partial charge in [-0.15, -0.1) is 0 Å². The molecule has 5 atom stereocenters. The Labute approximate surface area is 62.2 Å². The Morgan fingerprint density at radius 3 is 3.10 bits per heavy atom. The van der Waals surface area contributed by atoms with Crippen molar-refractivity contribution in [2.45, 2.75) is 25.7 Å². The molecule has 3 rings (SSSR count). The van der Waals surface area contributed by atoms with Crippen molar-refractivity contribution in [2.75, 3.05) is 0 Å². The molecule has 0 spiro atoms. The second kappa shape index (κ2) is 1.46. The first-order valence-electron chi connectivity index (χ1n) is 4.81. The normalized spacial score (nSPS) is 65.4. The van der Waals surface area contributed by atoms with E-state index in [4.69, 9.17) is 1.37 Å². The van der Waals surface area contributed by atoms with Gasteiger partial charge in [0.25, 0.3) is 0 Å². The summed E-state index contributed by atoms with van der Waals surface area (Å²) in [5.41, 5.74) is 0. The molecule has 3 fully saturated rings. The fourth-order valence-electron chi connectivity index (χ4n) is 3.19. The highest BCUT2D eigenvalue weighted by Crippen LogP contribution is 2.57. The summed E-state index contributed by atoms with van der Waals surface area (Å²) < 4.78 is 7.75. The average Bonchev–Trinajstić information content (AvgIpc) is 2.53. The number of carbonyl (C=O) groups is 1. The van der Waals surface area contributed by atoms with Gasteiger partial charge in [0.15, 0.2) is 0 Å². The van der Waals surface area contributed by atoms with E-state index in [9.17, 15) is 4.79 Å². The molecule has 2 bridgehead atoms. The Hall–Kier alpha value is -0.330. The van der Waals surface area contributed by atoms with Crippen LogP contribution in [0, 0.1) is 23.7 Å². The lowest BCUT2D eigenvalue weighted by Crippen LogP contribution is -2.20. The van der Waals surface area contributed by atoms with E-state index in [-0.39, 0.29) is 6.40 Å². The van der Waals surface area contributed by atoms with E-state index < -0.39 is 0 Å². The number of rotatable bonds is 0. The lowest BCUT2D eigenvalue weighted by molar-refractivity contribution is -0.125. The summed E-state index contributed by atoms with van der Waals surface area (Å²) in [7, 11) is 0. The van der Waals surface area contributed by atoms with E-state index in [2.05, 4.69) is 0 Å². The Morgan fingerprint density at radius 1 is 1.50 bits per heavy atom. The standard InChI is InChI=1S/C9H12O/c10-9-6-3-5-1-2-7(9)8(5)4-6/h5-8H,1-4H2/t5-,6+,7-,8+/m1/s1/i1D/t1?,5-,6+,7-,8+. The van der Waals surface area contributed by atoms with Crippen LogP contribution >= 0.6 is 0 Å². The number of carbonyl (C=O) groups excluding carboxylic acids is 1. The molecule has 1 unspecified atom stereocenters. The minimum atomic E-state index is 0.0986. The summed E-state index contributed by atoms with van der Waals surface area (Å²) in [4.78, 5) is 11.5. The number of fused-ring (bicyclic) bond motifs is 1. The van der Waals surface area contributed by atoms with E-state index in [0.717, 1.165) is 19.3 Å². The Balaban J connectivity index is 2.04. The van der Waals surface area contributed by atoms with Crippen LogP contribution < -0.4 is 0 Å². The molecule has 54 valence electrons. The summed E-state index contributed by atoms with van der Waals surface area (Å²) in [6.45, 7) is 0. The van der Waals surface area contributed by atoms with E-state index >= 15 is 0 Å². The van der Waals surface area contributed by atoms with Crippen LogP contribution in [0.15, 0.2) is 0 Å². The van der Waals surface area contributed by atoms with E-state index in [1.807, 2.05) is 0 Å². The Morgan fingerprint density at radius 2 is 2.40 bits per heavy atom. The molecule has 0 heterocycles. The molecule has 0 N–H and O–H groups in total. The van der Waals surface area contributed by atoms with Crippen molar-refractivity contribution in [3.63, 3.8) is 0 Å². The van der Waals surface area contributed by atoms with Gasteiger partial charge in [0.1, 0.15) is 5.78 Å². The van der Waals surface area contributed by atoms with Crippen LogP contribution in [0.5, 0.6) is 0 Å². The van der Waals surface area contributed by atoms with Gasteiger partial charge >= 0.3 is 0 Å². The maximum Gasteiger partial charge on any atom is 0.139 e. The van der Waals surface area contributed by atoms with Gasteiger partial charge < -0.3 is 0 Å². The zero-order chi connectivity index (χ0) is 7.59.